The van der Waals surface area contributed by atoms with E-state index in [1.54, 1.807) is 0 Å². The van der Waals surface area contributed by atoms with Gasteiger partial charge >= 0.3 is 5.97 Å². The Kier molecular flexibility index (Phi) is 14.6. The minimum Gasteiger partial charge on any atom is -0.469 e. The molecule has 0 aliphatic rings. The topological polar surface area (TPSA) is 89.7 Å². The average Bonchev–Trinajstić information content (AvgIpc) is 2.56. The van der Waals surface area contributed by atoms with Gasteiger partial charge in [0, 0.05) is 11.3 Å². The minimum atomic E-state index is -1.08. The molecule has 0 aromatic carbocycles. The van der Waals surface area contributed by atoms with E-state index in [1.165, 1.54) is 52.1 Å². The number of ether oxygens (including phenoxy) is 1. The largest absolute Gasteiger partial charge is 0.469 e. The number of methoxy groups -OCH3 is 1. The van der Waals surface area contributed by atoms with Crippen LogP contribution in [0.4, 0.5) is 0 Å². The molecule has 0 spiro atoms. The lowest BCUT2D eigenvalue weighted by Crippen LogP contribution is -2.34. The van der Waals surface area contributed by atoms with Crippen molar-refractivity contribution >= 4 is 5.97 Å². The highest BCUT2D eigenvalue weighted by atomic mass is 16.6. The zero-order valence-electron chi connectivity index (χ0n) is 15.4. The molecule has 0 fully saturated rings. The first-order chi connectivity index (χ1) is 11.5. The number of aliphatic hydroxyl groups is 1. The van der Waals surface area contributed by atoms with E-state index in [0.717, 1.165) is 19.3 Å². The highest BCUT2D eigenvalue weighted by Gasteiger charge is 2.29. The summed E-state index contributed by atoms with van der Waals surface area (Å²) in [5.41, 5.74) is 0. The number of nitrogens with zero attached hydrogens (tertiary/aromatic N) is 1. The lowest BCUT2D eigenvalue weighted by molar-refractivity contribution is -0.535. The van der Waals surface area contributed by atoms with Gasteiger partial charge < -0.3 is 9.84 Å². The first-order valence-corrected chi connectivity index (χ1v) is 9.41. The van der Waals surface area contributed by atoms with Gasteiger partial charge in [0.1, 0.15) is 6.10 Å². The second kappa shape index (κ2) is 15.4. The third-order valence-electron chi connectivity index (χ3n) is 4.44. The van der Waals surface area contributed by atoms with Crippen LogP contribution in [0, 0.1) is 10.1 Å². The summed E-state index contributed by atoms with van der Waals surface area (Å²) in [5, 5.41) is 21.0. The van der Waals surface area contributed by atoms with Crippen LogP contribution in [-0.2, 0) is 9.53 Å². The number of hydrogen-bond donors (Lipinski definition) is 1. The van der Waals surface area contributed by atoms with Crippen LogP contribution in [0.3, 0.4) is 0 Å². The zero-order valence-corrected chi connectivity index (χ0v) is 15.4. The van der Waals surface area contributed by atoms with Crippen molar-refractivity contribution in [3.8, 4) is 0 Å². The van der Waals surface area contributed by atoms with Crippen LogP contribution in [0.1, 0.15) is 90.4 Å². The summed E-state index contributed by atoms with van der Waals surface area (Å²) in [6.07, 6.45) is 11.3. The second-order valence-electron chi connectivity index (χ2n) is 6.51. The molecule has 0 amide bonds. The first kappa shape index (κ1) is 22.8. The second-order valence-corrected chi connectivity index (χ2v) is 6.51. The summed E-state index contributed by atoms with van der Waals surface area (Å²) in [6.45, 7) is 2.22. The van der Waals surface area contributed by atoms with Gasteiger partial charge in [-0.15, -0.1) is 0 Å². The van der Waals surface area contributed by atoms with Crippen molar-refractivity contribution in [3.05, 3.63) is 10.1 Å². The number of esters is 1. The van der Waals surface area contributed by atoms with Crippen molar-refractivity contribution in [1.82, 2.24) is 0 Å². The number of rotatable bonds is 16. The molecule has 1 N–H and O–H groups in total. The standard InChI is InChI=1S/C18H35NO5/c1-3-4-5-6-7-8-9-10-11-12-13-17(20)16(19(22)23)14-15-18(21)24-2/h16-17,20H,3-15H2,1-2H3/t16-,17-/m0/s1. The summed E-state index contributed by atoms with van der Waals surface area (Å²) in [7, 11) is 1.25. The Morgan fingerprint density at radius 1 is 1.00 bits per heavy atom. The molecule has 0 saturated carbocycles. The van der Waals surface area contributed by atoms with Crippen molar-refractivity contribution in [2.45, 2.75) is 103 Å². The van der Waals surface area contributed by atoms with E-state index in [-0.39, 0.29) is 12.8 Å². The molecule has 24 heavy (non-hydrogen) atoms. The monoisotopic (exact) mass is 345 g/mol. The normalized spacial score (nSPS) is 13.5. The maximum atomic E-state index is 11.1. The molecular weight excluding hydrogens is 310 g/mol. The highest BCUT2D eigenvalue weighted by molar-refractivity contribution is 5.69. The number of carbonyl (C=O) groups is 1. The Morgan fingerprint density at radius 2 is 1.50 bits per heavy atom. The predicted octanol–water partition coefficient (Wildman–Crippen LogP) is 4.26. The van der Waals surface area contributed by atoms with Gasteiger partial charge in [-0.1, -0.05) is 71.1 Å². The Hall–Kier alpha value is -1.17. The molecule has 0 saturated heterocycles. The van der Waals surface area contributed by atoms with Gasteiger partial charge in [0.2, 0.25) is 6.04 Å². The van der Waals surface area contributed by atoms with Gasteiger partial charge in [-0.25, -0.2) is 0 Å². The fourth-order valence-corrected chi connectivity index (χ4v) is 2.84. The molecule has 0 bridgehead atoms. The molecule has 0 aromatic rings. The molecule has 0 heterocycles. The summed E-state index contributed by atoms with van der Waals surface area (Å²) in [4.78, 5) is 21.6. The fraction of sp³-hybridized carbons (Fsp3) is 0.944. The predicted molar refractivity (Wildman–Crippen MR) is 94.5 cm³/mol. The Labute approximate surface area is 146 Å². The molecule has 0 aliphatic carbocycles. The van der Waals surface area contributed by atoms with Crippen LogP contribution < -0.4 is 0 Å². The number of carbonyl (C=O) groups excluding carboxylic acids is 1. The quantitative estimate of drug-likeness (QED) is 0.195. The third kappa shape index (κ3) is 12.3. The molecule has 0 unspecified atom stereocenters. The van der Waals surface area contributed by atoms with Crippen LogP contribution in [0.15, 0.2) is 0 Å². The van der Waals surface area contributed by atoms with Gasteiger partial charge in [-0.3, -0.25) is 14.9 Å². The van der Waals surface area contributed by atoms with E-state index in [2.05, 4.69) is 11.7 Å². The molecule has 6 nitrogen and oxygen atoms in total. The van der Waals surface area contributed by atoms with Gasteiger partial charge in [0.05, 0.1) is 13.5 Å². The summed E-state index contributed by atoms with van der Waals surface area (Å²) >= 11 is 0. The van der Waals surface area contributed by atoms with Crippen LogP contribution in [0.5, 0.6) is 0 Å². The molecular formula is C18H35NO5. The molecule has 142 valence electrons. The summed E-state index contributed by atoms with van der Waals surface area (Å²) in [6, 6.07) is -1.08. The van der Waals surface area contributed by atoms with E-state index in [1.807, 2.05) is 0 Å². The van der Waals surface area contributed by atoms with E-state index in [4.69, 9.17) is 0 Å². The molecule has 2 atom stereocenters. The minimum absolute atomic E-state index is 0.0264. The van der Waals surface area contributed by atoms with Gasteiger partial charge in [0.15, 0.2) is 0 Å². The summed E-state index contributed by atoms with van der Waals surface area (Å²) in [5.74, 6) is -0.479. The van der Waals surface area contributed by atoms with Crippen LogP contribution in [0.2, 0.25) is 0 Å². The van der Waals surface area contributed by atoms with Crippen molar-refractivity contribution in [3.63, 3.8) is 0 Å². The van der Waals surface area contributed by atoms with E-state index >= 15 is 0 Å². The molecule has 6 heteroatoms. The third-order valence-corrected chi connectivity index (χ3v) is 4.44. The van der Waals surface area contributed by atoms with E-state index < -0.39 is 23.0 Å². The number of hydrogen-bond acceptors (Lipinski definition) is 5. The van der Waals surface area contributed by atoms with Crippen LogP contribution in [-0.4, -0.2) is 35.3 Å². The maximum absolute atomic E-state index is 11.1. The van der Waals surface area contributed by atoms with Crippen LogP contribution >= 0.6 is 0 Å². The van der Waals surface area contributed by atoms with Crippen molar-refractivity contribution in [2.24, 2.45) is 0 Å². The number of aliphatic hydroxyl groups excluding tert-OH is 1. The van der Waals surface area contributed by atoms with Gasteiger partial charge in [0.25, 0.3) is 0 Å². The van der Waals surface area contributed by atoms with E-state index in [9.17, 15) is 20.0 Å². The summed E-state index contributed by atoms with van der Waals surface area (Å²) < 4.78 is 4.48. The molecule has 0 aliphatic heterocycles. The van der Waals surface area contributed by atoms with Crippen molar-refractivity contribution < 1.29 is 19.6 Å². The first-order valence-electron chi connectivity index (χ1n) is 9.41. The van der Waals surface area contributed by atoms with Gasteiger partial charge in [-0.2, -0.15) is 0 Å². The van der Waals surface area contributed by atoms with Crippen LogP contribution in [0.25, 0.3) is 0 Å². The molecule has 0 radical (unpaired) electrons. The smallest absolute Gasteiger partial charge is 0.305 e. The lowest BCUT2D eigenvalue weighted by Gasteiger charge is -2.15. The Morgan fingerprint density at radius 3 is 1.96 bits per heavy atom. The van der Waals surface area contributed by atoms with Crippen molar-refractivity contribution in [1.29, 1.82) is 0 Å². The van der Waals surface area contributed by atoms with Gasteiger partial charge in [-0.05, 0) is 6.42 Å². The highest BCUT2D eigenvalue weighted by Crippen LogP contribution is 2.16. The lowest BCUT2D eigenvalue weighted by atomic mass is 9.99. The fourth-order valence-electron chi connectivity index (χ4n) is 2.84. The Balaban J connectivity index is 3.71. The molecule has 0 rings (SSSR count). The van der Waals surface area contributed by atoms with E-state index in [0.29, 0.717) is 6.42 Å². The van der Waals surface area contributed by atoms with Crippen molar-refractivity contribution in [2.75, 3.05) is 7.11 Å². The molecule has 0 aromatic heterocycles. The average molecular weight is 345 g/mol. The zero-order chi connectivity index (χ0) is 18.2. The SMILES string of the molecule is CCCCCCCCCCCC[C@H](O)[C@H](CCC(=O)OC)[N+](=O)[O-]. The maximum Gasteiger partial charge on any atom is 0.305 e. The number of nitro groups is 1. The number of unbranched alkanes of at least 4 members (excludes halogenated alkanes) is 9. The Bertz CT molecular complexity index is 335.